The summed E-state index contributed by atoms with van der Waals surface area (Å²) in [5.74, 6) is 4.86. The number of ether oxygens (including phenoxy) is 1. The number of rotatable bonds is 9. The number of urea groups is 2. The van der Waals surface area contributed by atoms with Gasteiger partial charge in [-0.15, -0.1) is 0 Å². The van der Waals surface area contributed by atoms with E-state index in [4.69, 9.17) is 26.8 Å². The van der Waals surface area contributed by atoms with Crippen molar-refractivity contribution in [2.75, 3.05) is 11.9 Å². The Morgan fingerprint density at radius 3 is 2.54 bits per heavy atom. The van der Waals surface area contributed by atoms with E-state index in [9.17, 15) is 14.4 Å². The normalized spacial score (nSPS) is 16.3. The Morgan fingerprint density at radius 1 is 1.22 bits per heavy atom. The molecule has 0 radical (unpaired) electrons. The van der Waals surface area contributed by atoms with E-state index < -0.39 is 30.2 Å². The van der Waals surface area contributed by atoms with Crippen LogP contribution in [0.1, 0.15) is 18.2 Å². The molecule has 1 aliphatic heterocycles. The van der Waals surface area contributed by atoms with E-state index in [0.717, 1.165) is 10.5 Å². The van der Waals surface area contributed by atoms with E-state index in [1.54, 1.807) is 61.5 Å². The summed E-state index contributed by atoms with van der Waals surface area (Å²) >= 11 is 6.00. The van der Waals surface area contributed by atoms with E-state index in [1.165, 1.54) is 11.8 Å². The number of carbonyl (C=O) groups excluding carboxylic acids is 3. The molecule has 0 bridgehead atoms. The van der Waals surface area contributed by atoms with Gasteiger partial charge < -0.3 is 19.4 Å². The number of anilines is 1. The number of halogens is 1. The first-order valence-electron chi connectivity index (χ1n) is 11.2. The van der Waals surface area contributed by atoms with Gasteiger partial charge in [0.1, 0.15) is 11.5 Å². The van der Waals surface area contributed by atoms with Crippen molar-refractivity contribution >= 4 is 35.3 Å². The lowest BCUT2D eigenvalue weighted by Gasteiger charge is -2.41. The minimum Gasteiger partial charge on any atom is -0.436 e. The zero-order valence-electron chi connectivity index (χ0n) is 20.0. The molecule has 1 aliphatic rings. The third-order valence-corrected chi connectivity index (χ3v) is 5.77. The van der Waals surface area contributed by atoms with Crippen LogP contribution in [0, 0.1) is 12.8 Å². The summed E-state index contributed by atoms with van der Waals surface area (Å²) in [6.45, 7) is 3.20. The third-order valence-electron chi connectivity index (χ3n) is 5.52. The molecule has 2 aromatic carbocycles. The second kappa shape index (κ2) is 11.2. The predicted octanol–water partition coefficient (Wildman–Crippen LogP) is 3.82. The largest absolute Gasteiger partial charge is 0.436 e. The molecule has 4 rings (SSSR count). The van der Waals surface area contributed by atoms with Gasteiger partial charge >= 0.3 is 18.0 Å². The topological polar surface area (TPSA) is 152 Å². The van der Waals surface area contributed by atoms with E-state index in [0.29, 0.717) is 28.1 Å². The minimum atomic E-state index is -0.895. The lowest BCUT2D eigenvalue weighted by Crippen LogP contribution is -2.67. The van der Waals surface area contributed by atoms with Crippen LogP contribution in [-0.2, 0) is 16.2 Å². The number of hydrogen-bond donors (Lipinski definition) is 3. The fraction of sp³-hybridized carbons (Fsp3) is 0.250. The summed E-state index contributed by atoms with van der Waals surface area (Å²) < 4.78 is 10.6. The molecule has 1 unspecified atom stereocenters. The molecule has 0 aliphatic carbocycles. The number of amides is 4. The van der Waals surface area contributed by atoms with Gasteiger partial charge in [-0.3, -0.25) is 15.0 Å². The molecular weight excluding hydrogens is 504 g/mol. The van der Waals surface area contributed by atoms with Crippen LogP contribution in [0.3, 0.4) is 0 Å². The van der Waals surface area contributed by atoms with Gasteiger partial charge in [-0.25, -0.2) is 14.5 Å². The van der Waals surface area contributed by atoms with Crippen molar-refractivity contribution < 1.29 is 28.5 Å². The second-order valence-corrected chi connectivity index (χ2v) is 8.82. The number of imide groups is 1. The van der Waals surface area contributed by atoms with Crippen molar-refractivity contribution in [3.05, 3.63) is 70.9 Å². The van der Waals surface area contributed by atoms with Gasteiger partial charge in [0.2, 0.25) is 0 Å². The van der Waals surface area contributed by atoms with Gasteiger partial charge in [-0.05, 0) is 54.0 Å². The Labute approximate surface area is 217 Å². The maximum Gasteiger partial charge on any atom is 0.331 e. The average Bonchev–Trinajstić information content (AvgIpc) is 3.30. The molecule has 1 saturated heterocycles. The van der Waals surface area contributed by atoms with Crippen LogP contribution in [0.15, 0.2) is 59.1 Å². The molecule has 3 aromatic rings. The van der Waals surface area contributed by atoms with Gasteiger partial charge in [0.15, 0.2) is 6.29 Å². The number of aromatic nitrogens is 1. The lowest BCUT2D eigenvalue weighted by atomic mass is 10.1. The maximum atomic E-state index is 13.4. The van der Waals surface area contributed by atoms with Crippen LogP contribution < -0.4 is 21.3 Å². The molecule has 194 valence electrons. The molecule has 2 heterocycles. The van der Waals surface area contributed by atoms with Crippen molar-refractivity contribution in [1.29, 1.82) is 0 Å². The first-order valence-corrected chi connectivity index (χ1v) is 11.6. The Kier molecular flexibility index (Phi) is 7.80. The van der Waals surface area contributed by atoms with Crippen molar-refractivity contribution in [3.8, 4) is 11.6 Å². The van der Waals surface area contributed by atoms with Crippen molar-refractivity contribution in [3.63, 3.8) is 0 Å². The summed E-state index contributed by atoms with van der Waals surface area (Å²) in [5.41, 5.74) is 1.39. The molecule has 2 atom stereocenters. The smallest absolute Gasteiger partial charge is 0.331 e. The van der Waals surface area contributed by atoms with Crippen molar-refractivity contribution in [2.24, 2.45) is 11.8 Å². The van der Waals surface area contributed by atoms with Crippen LogP contribution in [0.25, 0.3) is 0 Å². The van der Waals surface area contributed by atoms with Gasteiger partial charge in [-0.2, -0.15) is 5.90 Å². The second-order valence-electron chi connectivity index (χ2n) is 8.38. The highest BCUT2D eigenvalue weighted by atomic mass is 35.5. The molecule has 37 heavy (non-hydrogen) atoms. The summed E-state index contributed by atoms with van der Waals surface area (Å²) in [6.07, 6.45) is -0.895. The maximum absolute atomic E-state index is 13.4. The number of carbonyl (C=O) groups is 3. The zero-order chi connectivity index (χ0) is 26.5. The minimum absolute atomic E-state index is 0.146. The first-order chi connectivity index (χ1) is 17.7. The number of nitrogens with one attached hydrogen (secondary N) is 2. The fourth-order valence-corrected chi connectivity index (χ4v) is 3.73. The van der Waals surface area contributed by atoms with Crippen LogP contribution in [0.4, 0.5) is 15.3 Å². The van der Waals surface area contributed by atoms with Gasteiger partial charge in [-0.1, -0.05) is 30.7 Å². The Morgan fingerprint density at radius 2 is 1.92 bits per heavy atom. The monoisotopic (exact) mass is 528 g/mol. The van der Waals surface area contributed by atoms with Crippen LogP contribution >= 0.6 is 11.6 Å². The van der Waals surface area contributed by atoms with E-state index >= 15 is 0 Å². The number of nitrogens with zero attached hydrogens (tertiary/aromatic N) is 3. The molecule has 4 N–H and O–H groups in total. The fourth-order valence-electron chi connectivity index (χ4n) is 3.60. The number of benzene rings is 2. The molecule has 0 spiro atoms. The van der Waals surface area contributed by atoms with Gasteiger partial charge in [0, 0.05) is 23.3 Å². The van der Waals surface area contributed by atoms with E-state index in [-0.39, 0.29) is 13.1 Å². The molecule has 0 saturated carbocycles. The molecule has 12 nitrogen and oxygen atoms in total. The highest BCUT2D eigenvalue weighted by Gasteiger charge is 2.40. The summed E-state index contributed by atoms with van der Waals surface area (Å²) in [4.78, 5) is 44.6. The Hall–Kier alpha value is -4.29. The summed E-state index contributed by atoms with van der Waals surface area (Å²) in [5, 5.41) is 10.3. The summed E-state index contributed by atoms with van der Waals surface area (Å²) in [7, 11) is 0. The first kappa shape index (κ1) is 25.8. The molecule has 1 aromatic heterocycles. The molecule has 4 amide bonds. The van der Waals surface area contributed by atoms with Crippen molar-refractivity contribution in [1.82, 2.24) is 20.3 Å². The predicted molar refractivity (Wildman–Crippen MR) is 132 cm³/mol. The number of nitrogens with two attached hydrogens (primary N) is 1. The highest BCUT2D eigenvalue weighted by molar-refractivity contribution is 6.30. The Bertz CT molecular complexity index is 1270. The quantitative estimate of drug-likeness (QED) is 0.352. The highest BCUT2D eigenvalue weighted by Crippen LogP contribution is 2.24. The number of aryl methyl sites for hydroxylation is 1. The lowest BCUT2D eigenvalue weighted by molar-refractivity contribution is -0.148. The van der Waals surface area contributed by atoms with Crippen molar-refractivity contribution in [2.45, 2.75) is 26.7 Å². The zero-order valence-corrected chi connectivity index (χ0v) is 20.8. The SMILES string of the molecule is Cc1cc(Oc2ccc(NC3NC(=O)N(C[C@H](C)C(=O)ON)C(=O)N3Cc3ccc(Cl)cc3)cc2)no1. The molecule has 13 heteroatoms. The number of hydrogen-bond acceptors (Lipinski definition) is 9. The molecule has 1 fully saturated rings. The van der Waals surface area contributed by atoms with Crippen LogP contribution in [0.5, 0.6) is 11.6 Å². The van der Waals surface area contributed by atoms with Crippen LogP contribution in [-0.4, -0.2) is 45.8 Å². The van der Waals surface area contributed by atoms with Gasteiger partial charge in [0.05, 0.1) is 12.5 Å². The van der Waals surface area contributed by atoms with Crippen LogP contribution in [0.2, 0.25) is 5.02 Å². The Balaban J connectivity index is 1.52. The van der Waals surface area contributed by atoms with E-state index in [1.807, 2.05) is 0 Å². The van der Waals surface area contributed by atoms with Gasteiger partial charge in [0.25, 0.3) is 5.88 Å². The average molecular weight is 529 g/mol. The third kappa shape index (κ3) is 6.29. The van der Waals surface area contributed by atoms with E-state index in [2.05, 4.69) is 20.6 Å². The molecular formula is C24H25ClN6O6. The standard InChI is InChI=1S/C24H25ClN6O6/c1-14(21(32)36-26)12-31-23(33)28-22(30(24(31)34)13-16-3-5-17(25)6-4-16)27-18-7-9-19(10-8-18)35-20-11-15(2)37-29-20/h3-11,14,22,27H,12-13,26H2,1-2H3,(H,28,33)/t14-,22?/m0/s1. The summed E-state index contributed by atoms with van der Waals surface area (Å²) in [6, 6.07) is 14.2.